The van der Waals surface area contributed by atoms with Crippen LogP contribution in [0.3, 0.4) is 0 Å². The maximum atomic E-state index is 9.81. The van der Waals surface area contributed by atoms with Gasteiger partial charge in [-0.2, -0.15) is 0 Å². The molecule has 0 radical (unpaired) electrons. The Hall–Kier alpha value is -1.16. The van der Waals surface area contributed by atoms with Crippen LogP contribution in [0, 0.1) is 0 Å². The van der Waals surface area contributed by atoms with Gasteiger partial charge >= 0.3 is 5.97 Å². The topological polar surface area (TPSA) is 75.7 Å². The average molecular weight is 186 g/mol. The molecule has 0 aliphatic heterocycles. The maximum Gasteiger partial charge on any atom is 0.320 e. The van der Waals surface area contributed by atoms with Crippen LogP contribution in [0.25, 0.3) is 0 Å². The summed E-state index contributed by atoms with van der Waals surface area (Å²) in [6.07, 6.45) is 6.07. The number of aliphatic imine (C=N–C) groups is 1. The number of rotatable bonds is 3. The summed E-state index contributed by atoms with van der Waals surface area (Å²) >= 11 is 0. The lowest BCUT2D eigenvalue weighted by Gasteiger charge is -1.97. The Morgan fingerprint density at radius 2 is 2.23 bits per heavy atom. The molecule has 0 saturated carbocycles. The molecule has 0 aliphatic carbocycles. The highest BCUT2D eigenvalue weighted by molar-refractivity contribution is 5.72. The van der Waals surface area contributed by atoms with E-state index in [-0.39, 0.29) is 0 Å². The molecule has 0 saturated heterocycles. The summed E-state index contributed by atoms with van der Waals surface area (Å²) < 4.78 is 0. The Bertz CT molecular complexity index is 166. The molecule has 0 aromatic rings. The highest BCUT2D eigenvalue weighted by atomic mass is 16.4. The molecule has 0 unspecified atom stereocenters. The van der Waals surface area contributed by atoms with E-state index in [1.54, 1.807) is 20.2 Å². The van der Waals surface area contributed by atoms with Gasteiger partial charge in [-0.3, -0.25) is 9.79 Å². The average Bonchev–Trinajstić information content (AvgIpc) is 2.14. The fourth-order valence-corrected chi connectivity index (χ4v) is 0.347. The smallest absolute Gasteiger partial charge is 0.320 e. The third-order valence-corrected chi connectivity index (χ3v) is 1.18. The van der Waals surface area contributed by atoms with Crippen molar-refractivity contribution in [3.8, 4) is 0 Å². The lowest BCUT2D eigenvalue weighted by atomic mass is 10.2. The van der Waals surface area contributed by atoms with Crippen LogP contribution in [0.1, 0.15) is 20.3 Å². The van der Waals surface area contributed by atoms with Crippen LogP contribution in [-0.2, 0) is 4.79 Å². The number of hydrogen-bond acceptors (Lipinski definition) is 3. The van der Waals surface area contributed by atoms with Crippen molar-refractivity contribution in [1.29, 1.82) is 0 Å². The molecule has 13 heavy (non-hydrogen) atoms. The molecule has 0 bridgehead atoms. The van der Waals surface area contributed by atoms with Crippen molar-refractivity contribution in [3.05, 3.63) is 12.2 Å². The van der Waals surface area contributed by atoms with Gasteiger partial charge in [0.05, 0.1) is 0 Å². The van der Waals surface area contributed by atoms with E-state index >= 15 is 0 Å². The SMILES string of the molecule is C/C=C\C=NC.CC[C@H](N)C(=O)O. The number of carbonyl (C=O) groups is 1. The van der Waals surface area contributed by atoms with Crippen molar-refractivity contribution in [2.75, 3.05) is 7.05 Å². The quantitative estimate of drug-likeness (QED) is 0.647. The summed E-state index contributed by atoms with van der Waals surface area (Å²) in [5.41, 5.74) is 5.02. The van der Waals surface area contributed by atoms with Gasteiger partial charge in [0, 0.05) is 13.3 Å². The molecule has 76 valence electrons. The van der Waals surface area contributed by atoms with Gasteiger partial charge in [-0.25, -0.2) is 0 Å². The van der Waals surface area contributed by atoms with E-state index in [0.29, 0.717) is 6.42 Å². The van der Waals surface area contributed by atoms with Gasteiger partial charge in [0.2, 0.25) is 0 Å². The van der Waals surface area contributed by atoms with Crippen LogP contribution in [-0.4, -0.2) is 30.4 Å². The van der Waals surface area contributed by atoms with Crippen molar-refractivity contribution < 1.29 is 9.90 Å². The van der Waals surface area contributed by atoms with Crippen LogP contribution in [0.15, 0.2) is 17.1 Å². The number of nitrogens with two attached hydrogens (primary N) is 1. The molecule has 0 amide bonds. The second-order valence-electron chi connectivity index (χ2n) is 2.29. The largest absolute Gasteiger partial charge is 0.480 e. The predicted octanol–water partition coefficient (Wildman–Crippen LogP) is 1.07. The second kappa shape index (κ2) is 10.8. The first-order valence-corrected chi connectivity index (χ1v) is 4.11. The molecule has 0 aromatic heterocycles. The minimum Gasteiger partial charge on any atom is -0.480 e. The van der Waals surface area contributed by atoms with Crippen LogP contribution in [0.5, 0.6) is 0 Å². The Morgan fingerprint density at radius 1 is 1.69 bits per heavy atom. The van der Waals surface area contributed by atoms with E-state index in [9.17, 15) is 4.79 Å². The van der Waals surface area contributed by atoms with Gasteiger partial charge < -0.3 is 10.8 Å². The normalized spacial score (nSPS) is 12.6. The number of allylic oxidation sites excluding steroid dienone is 2. The molecule has 0 aromatic carbocycles. The Balaban J connectivity index is 0. The first-order chi connectivity index (χ1) is 6.09. The number of carboxylic acid groups (broad SMARTS) is 1. The van der Waals surface area contributed by atoms with Gasteiger partial charge in [0.25, 0.3) is 0 Å². The zero-order valence-corrected chi connectivity index (χ0v) is 8.40. The minimum atomic E-state index is -0.928. The first kappa shape index (κ1) is 14.4. The molecule has 1 atom stereocenters. The zero-order valence-electron chi connectivity index (χ0n) is 8.40. The van der Waals surface area contributed by atoms with Gasteiger partial charge in [-0.05, 0) is 19.4 Å². The third kappa shape index (κ3) is 13.8. The minimum absolute atomic E-state index is 0.495. The van der Waals surface area contributed by atoms with Gasteiger partial charge in [-0.15, -0.1) is 0 Å². The Morgan fingerprint density at radius 3 is 2.31 bits per heavy atom. The molecule has 0 heterocycles. The highest BCUT2D eigenvalue weighted by Crippen LogP contribution is 1.82. The number of hydrogen-bond donors (Lipinski definition) is 2. The molecule has 0 fully saturated rings. The molecular formula is C9H18N2O2. The van der Waals surface area contributed by atoms with E-state index in [4.69, 9.17) is 10.8 Å². The summed E-state index contributed by atoms with van der Waals surface area (Å²) in [5, 5.41) is 8.06. The summed E-state index contributed by atoms with van der Waals surface area (Å²) in [5.74, 6) is -0.928. The van der Waals surface area contributed by atoms with Crippen LogP contribution in [0.2, 0.25) is 0 Å². The zero-order chi connectivity index (χ0) is 10.7. The molecule has 0 aliphatic rings. The standard InChI is InChI=1S/C5H9N.C4H9NO2/c1-3-4-5-6-2;1-2-3(5)4(6)7/h3-5H,1-2H3;3H,2,5H2,1H3,(H,6,7)/b4-3-,6-5?;/t;3-/m.0/s1. The summed E-state index contributed by atoms with van der Waals surface area (Å²) in [7, 11) is 1.75. The molecule has 4 heteroatoms. The Labute approximate surface area is 79.2 Å². The first-order valence-electron chi connectivity index (χ1n) is 4.11. The van der Waals surface area contributed by atoms with Crippen molar-refractivity contribution in [2.24, 2.45) is 10.7 Å². The van der Waals surface area contributed by atoms with Gasteiger partial charge in [0.1, 0.15) is 6.04 Å². The van der Waals surface area contributed by atoms with E-state index in [2.05, 4.69) is 4.99 Å². The number of carboxylic acids is 1. The number of aliphatic carboxylic acids is 1. The molecular weight excluding hydrogens is 168 g/mol. The van der Waals surface area contributed by atoms with E-state index in [0.717, 1.165) is 0 Å². The summed E-state index contributed by atoms with van der Waals surface area (Å²) in [6, 6.07) is -0.681. The second-order valence-corrected chi connectivity index (χ2v) is 2.29. The Kier molecular flexibility index (Phi) is 12.0. The van der Waals surface area contributed by atoms with Crippen molar-refractivity contribution in [1.82, 2.24) is 0 Å². The molecule has 3 N–H and O–H groups in total. The van der Waals surface area contributed by atoms with Crippen molar-refractivity contribution >= 4 is 12.2 Å². The van der Waals surface area contributed by atoms with E-state index in [1.165, 1.54) is 0 Å². The van der Waals surface area contributed by atoms with Crippen LogP contribution in [0.4, 0.5) is 0 Å². The predicted molar refractivity (Wildman–Crippen MR) is 55.1 cm³/mol. The van der Waals surface area contributed by atoms with Gasteiger partial charge in [-0.1, -0.05) is 13.0 Å². The fourth-order valence-electron chi connectivity index (χ4n) is 0.347. The lowest BCUT2D eigenvalue weighted by molar-refractivity contribution is -0.138. The van der Waals surface area contributed by atoms with Crippen LogP contribution >= 0.6 is 0 Å². The van der Waals surface area contributed by atoms with E-state index in [1.807, 2.05) is 19.1 Å². The van der Waals surface area contributed by atoms with E-state index < -0.39 is 12.0 Å². The number of nitrogens with zero attached hydrogens (tertiary/aromatic N) is 1. The monoisotopic (exact) mass is 186 g/mol. The highest BCUT2D eigenvalue weighted by Gasteiger charge is 2.05. The molecule has 0 spiro atoms. The lowest BCUT2D eigenvalue weighted by Crippen LogP contribution is -2.28. The summed E-state index contributed by atoms with van der Waals surface area (Å²) in [6.45, 7) is 3.69. The van der Waals surface area contributed by atoms with Crippen molar-refractivity contribution in [3.63, 3.8) is 0 Å². The fraction of sp³-hybridized carbons (Fsp3) is 0.556. The van der Waals surface area contributed by atoms with Crippen LogP contribution < -0.4 is 5.73 Å². The summed E-state index contributed by atoms with van der Waals surface area (Å²) in [4.78, 5) is 13.5. The maximum absolute atomic E-state index is 9.81. The molecule has 0 rings (SSSR count). The van der Waals surface area contributed by atoms with Crippen molar-refractivity contribution in [2.45, 2.75) is 26.3 Å². The molecule has 4 nitrogen and oxygen atoms in total. The van der Waals surface area contributed by atoms with Gasteiger partial charge in [0.15, 0.2) is 0 Å². The third-order valence-electron chi connectivity index (χ3n) is 1.18.